The van der Waals surface area contributed by atoms with Crippen molar-refractivity contribution in [2.24, 2.45) is 0 Å². The van der Waals surface area contributed by atoms with Gasteiger partial charge in [0.05, 0.1) is 11.3 Å². The minimum absolute atomic E-state index is 0.0773. The lowest BCUT2D eigenvalue weighted by Gasteiger charge is -2.23. The zero-order chi connectivity index (χ0) is 15.9. The smallest absolute Gasteiger partial charge is 0.240 e. The highest BCUT2D eigenvalue weighted by Crippen LogP contribution is 2.44. The van der Waals surface area contributed by atoms with E-state index in [1.165, 1.54) is 29.1 Å². The maximum Gasteiger partial charge on any atom is 0.240 e. The molecular weight excluding hydrogens is 392 g/mol. The number of carbonyl (C=O) groups excluding carboxylic acids is 1. The molecule has 1 aliphatic heterocycles. The summed E-state index contributed by atoms with van der Waals surface area (Å²) in [4.78, 5) is 29.4. The third-order valence-electron chi connectivity index (χ3n) is 2.77. The Morgan fingerprint density at radius 2 is 1.68 bits per heavy atom. The SMILES string of the molecule is O=C1CSC(c2c(Cl)ncnc2Cl)N1c1nc(Cl)cc(Cl)n1. The standard InChI is InChI=1S/C11H5Cl4N5OS/c12-4-1-5(13)19-11(18-4)20-6(21)2-22-10(20)7-8(14)16-3-17-9(7)15/h1,3,10H,2H2. The summed E-state index contributed by atoms with van der Waals surface area (Å²) >= 11 is 25.2. The highest BCUT2D eigenvalue weighted by atomic mass is 35.5. The molecule has 0 N–H and O–H groups in total. The fraction of sp³-hybridized carbons (Fsp3) is 0.182. The van der Waals surface area contributed by atoms with Crippen molar-refractivity contribution in [1.29, 1.82) is 0 Å². The van der Waals surface area contributed by atoms with Gasteiger partial charge in [-0.25, -0.2) is 19.9 Å². The summed E-state index contributed by atoms with van der Waals surface area (Å²) < 4.78 is 0. The minimum Gasteiger partial charge on any atom is -0.273 e. The van der Waals surface area contributed by atoms with E-state index in [-0.39, 0.29) is 38.2 Å². The molecule has 2 aromatic rings. The number of rotatable bonds is 2. The van der Waals surface area contributed by atoms with Gasteiger partial charge in [0, 0.05) is 6.07 Å². The number of carbonyl (C=O) groups is 1. The molecular formula is C11H5Cl4N5OS. The molecule has 22 heavy (non-hydrogen) atoms. The van der Waals surface area contributed by atoms with Crippen molar-refractivity contribution in [3.05, 3.63) is 38.6 Å². The number of hydrogen-bond acceptors (Lipinski definition) is 6. The van der Waals surface area contributed by atoms with Gasteiger partial charge in [0.25, 0.3) is 0 Å². The van der Waals surface area contributed by atoms with Gasteiger partial charge in [-0.15, -0.1) is 11.8 Å². The summed E-state index contributed by atoms with van der Waals surface area (Å²) in [6.07, 6.45) is 1.24. The van der Waals surface area contributed by atoms with E-state index < -0.39 is 5.37 Å². The van der Waals surface area contributed by atoms with Crippen molar-refractivity contribution in [2.75, 3.05) is 10.7 Å². The molecule has 0 saturated carbocycles. The second-order valence-corrected chi connectivity index (χ2v) is 6.67. The highest BCUT2D eigenvalue weighted by Gasteiger charge is 2.39. The van der Waals surface area contributed by atoms with Crippen LogP contribution >= 0.6 is 58.2 Å². The molecule has 0 spiro atoms. The zero-order valence-electron chi connectivity index (χ0n) is 10.5. The quantitative estimate of drug-likeness (QED) is 0.721. The van der Waals surface area contributed by atoms with Crippen LogP contribution in [0.3, 0.4) is 0 Å². The third-order valence-corrected chi connectivity index (χ3v) is 4.93. The van der Waals surface area contributed by atoms with Crippen LogP contribution in [0.1, 0.15) is 10.9 Å². The monoisotopic (exact) mass is 395 g/mol. The number of nitrogens with zero attached hydrogens (tertiary/aromatic N) is 5. The number of hydrogen-bond donors (Lipinski definition) is 0. The Balaban J connectivity index is 2.10. The second-order valence-electron chi connectivity index (χ2n) is 4.11. The Labute approximate surface area is 149 Å². The molecule has 2 aromatic heterocycles. The first-order valence-corrected chi connectivity index (χ1v) is 8.33. The lowest BCUT2D eigenvalue weighted by atomic mass is 10.3. The van der Waals surface area contributed by atoms with Crippen molar-refractivity contribution in [1.82, 2.24) is 19.9 Å². The molecule has 1 aliphatic rings. The normalized spacial score (nSPS) is 18.1. The molecule has 1 saturated heterocycles. The van der Waals surface area contributed by atoms with Gasteiger partial charge in [-0.1, -0.05) is 46.4 Å². The van der Waals surface area contributed by atoms with Crippen molar-refractivity contribution in [2.45, 2.75) is 5.37 Å². The topological polar surface area (TPSA) is 71.9 Å². The molecule has 0 aromatic carbocycles. The highest BCUT2D eigenvalue weighted by molar-refractivity contribution is 8.00. The molecule has 0 bridgehead atoms. The van der Waals surface area contributed by atoms with E-state index in [0.29, 0.717) is 5.56 Å². The summed E-state index contributed by atoms with van der Waals surface area (Å²) in [5.41, 5.74) is 0.418. The van der Waals surface area contributed by atoms with E-state index in [0.717, 1.165) is 0 Å². The van der Waals surface area contributed by atoms with Crippen LogP contribution in [0.2, 0.25) is 20.6 Å². The lowest BCUT2D eigenvalue weighted by molar-refractivity contribution is -0.115. The van der Waals surface area contributed by atoms with Crippen molar-refractivity contribution in [3.63, 3.8) is 0 Å². The van der Waals surface area contributed by atoms with Crippen LogP contribution in [-0.4, -0.2) is 31.6 Å². The summed E-state index contributed by atoms with van der Waals surface area (Å²) in [5, 5.41) is 0.0128. The molecule has 3 rings (SSSR count). The fourth-order valence-electron chi connectivity index (χ4n) is 1.90. The van der Waals surface area contributed by atoms with Crippen LogP contribution in [0.15, 0.2) is 12.4 Å². The Morgan fingerprint density at radius 3 is 2.27 bits per heavy atom. The van der Waals surface area contributed by atoms with E-state index >= 15 is 0 Å². The van der Waals surface area contributed by atoms with E-state index in [1.54, 1.807) is 0 Å². The third kappa shape index (κ3) is 2.96. The first-order valence-electron chi connectivity index (χ1n) is 5.77. The molecule has 0 aliphatic carbocycles. The maximum absolute atomic E-state index is 12.2. The van der Waals surface area contributed by atoms with Crippen LogP contribution in [0.4, 0.5) is 5.95 Å². The molecule has 1 unspecified atom stereocenters. The first-order chi connectivity index (χ1) is 10.5. The Kier molecular flexibility index (Phi) is 4.61. The van der Waals surface area contributed by atoms with Crippen LogP contribution in [-0.2, 0) is 4.79 Å². The van der Waals surface area contributed by atoms with E-state index in [2.05, 4.69) is 19.9 Å². The second kappa shape index (κ2) is 6.33. The van der Waals surface area contributed by atoms with Crippen LogP contribution < -0.4 is 4.90 Å². The van der Waals surface area contributed by atoms with Gasteiger partial charge < -0.3 is 0 Å². The zero-order valence-corrected chi connectivity index (χ0v) is 14.3. The Hall–Kier alpha value is -0.860. The maximum atomic E-state index is 12.2. The first kappa shape index (κ1) is 16.0. The molecule has 1 fully saturated rings. The number of halogens is 4. The van der Waals surface area contributed by atoms with E-state index in [9.17, 15) is 4.79 Å². The average molecular weight is 397 g/mol. The minimum atomic E-state index is -0.553. The molecule has 6 nitrogen and oxygen atoms in total. The summed E-state index contributed by atoms with van der Waals surface area (Å²) in [6.45, 7) is 0. The largest absolute Gasteiger partial charge is 0.273 e. The molecule has 1 amide bonds. The molecule has 1 atom stereocenters. The van der Waals surface area contributed by atoms with Crippen LogP contribution in [0.5, 0.6) is 0 Å². The van der Waals surface area contributed by atoms with Gasteiger partial charge in [0.15, 0.2) is 0 Å². The van der Waals surface area contributed by atoms with Crippen molar-refractivity contribution in [3.8, 4) is 0 Å². The number of thioether (sulfide) groups is 1. The van der Waals surface area contributed by atoms with Gasteiger partial charge in [-0.3, -0.25) is 9.69 Å². The fourth-order valence-corrected chi connectivity index (χ4v) is 4.15. The molecule has 3 heterocycles. The van der Waals surface area contributed by atoms with Gasteiger partial charge >= 0.3 is 0 Å². The molecule has 11 heteroatoms. The van der Waals surface area contributed by atoms with Crippen molar-refractivity contribution < 1.29 is 4.79 Å². The average Bonchev–Trinajstić information content (AvgIpc) is 2.79. The van der Waals surface area contributed by atoms with Gasteiger partial charge in [-0.05, 0) is 0 Å². The Bertz CT molecular complexity index is 721. The summed E-state index contributed by atoms with van der Waals surface area (Å²) in [5.74, 6) is 0.0671. The predicted octanol–water partition coefficient (Wildman–Crippen LogP) is 3.66. The number of anilines is 1. The van der Waals surface area contributed by atoms with Crippen molar-refractivity contribution >= 4 is 70.0 Å². The summed E-state index contributed by atoms with van der Waals surface area (Å²) in [6, 6.07) is 1.38. The lowest BCUT2D eigenvalue weighted by Crippen LogP contribution is -2.30. The Morgan fingerprint density at radius 1 is 1.09 bits per heavy atom. The number of aromatic nitrogens is 4. The molecule has 0 radical (unpaired) electrons. The molecule has 114 valence electrons. The van der Waals surface area contributed by atoms with Gasteiger partial charge in [0.2, 0.25) is 11.9 Å². The van der Waals surface area contributed by atoms with Gasteiger partial charge in [0.1, 0.15) is 32.3 Å². The van der Waals surface area contributed by atoms with Crippen LogP contribution in [0.25, 0.3) is 0 Å². The predicted molar refractivity (Wildman–Crippen MR) is 86.8 cm³/mol. The number of amides is 1. The van der Waals surface area contributed by atoms with E-state index in [1.807, 2.05) is 0 Å². The van der Waals surface area contributed by atoms with E-state index in [4.69, 9.17) is 46.4 Å². The van der Waals surface area contributed by atoms with Gasteiger partial charge in [-0.2, -0.15) is 0 Å². The summed E-state index contributed by atoms with van der Waals surface area (Å²) in [7, 11) is 0. The van der Waals surface area contributed by atoms with Crippen LogP contribution in [0, 0.1) is 0 Å².